The molecule has 3 rings (SSSR count). The van der Waals surface area contributed by atoms with Crippen molar-refractivity contribution in [2.45, 2.75) is 57.9 Å². The highest BCUT2D eigenvalue weighted by Gasteiger charge is 2.23. The SMILES string of the molecule is Cc1nn(-c2ccc(F)cc2)c(Cl)c1C(=O)NC1CCCCCCC1. The van der Waals surface area contributed by atoms with Crippen LogP contribution in [0.5, 0.6) is 0 Å². The molecule has 1 heterocycles. The molecule has 1 fully saturated rings. The highest BCUT2D eigenvalue weighted by molar-refractivity contribution is 6.33. The number of benzene rings is 1. The Balaban J connectivity index is 1.79. The van der Waals surface area contributed by atoms with Gasteiger partial charge >= 0.3 is 0 Å². The lowest BCUT2D eigenvalue weighted by molar-refractivity contribution is 0.0930. The molecule has 1 aliphatic rings. The first-order valence-electron chi connectivity index (χ1n) is 8.88. The Bertz CT molecular complexity index is 734. The lowest BCUT2D eigenvalue weighted by Crippen LogP contribution is -2.35. The molecule has 0 saturated heterocycles. The first kappa shape index (κ1) is 17.9. The Morgan fingerprint density at radius 3 is 2.40 bits per heavy atom. The fourth-order valence-electron chi connectivity index (χ4n) is 3.37. The third kappa shape index (κ3) is 4.21. The van der Waals surface area contributed by atoms with E-state index in [2.05, 4.69) is 10.4 Å². The average molecular weight is 364 g/mol. The quantitative estimate of drug-likeness (QED) is 0.850. The van der Waals surface area contributed by atoms with E-state index in [0.717, 1.165) is 25.7 Å². The number of hydrogen-bond donors (Lipinski definition) is 1. The fourth-order valence-corrected chi connectivity index (χ4v) is 3.73. The van der Waals surface area contributed by atoms with Crippen LogP contribution in [-0.2, 0) is 0 Å². The zero-order chi connectivity index (χ0) is 17.8. The van der Waals surface area contributed by atoms with E-state index in [1.807, 2.05) is 0 Å². The van der Waals surface area contributed by atoms with Gasteiger partial charge in [0.15, 0.2) is 0 Å². The summed E-state index contributed by atoms with van der Waals surface area (Å²) in [7, 11) is 0. The summed E-state index contributed by atoms with van der Waals surface area (Å²) in [6.45, 7) is 1.76. The average Bonchev–Trinajstić information content (AvgIpc) is 2.85. The third-order valence-electron chi connectivity index (χ3n) is 4.74. The summed E-state index contributed by atoms with van der Waals surface area (Å²) in [4.78, 5) is 12.7. The van der Waals surface area contributed by atoms with E-state index < -0.39 is 0 Å². The fraction of sp³-hybridized carbons (Fsp3) is 0.474. The molecule has 0 unspecified atom stereocenters. The van der Waals surface area contributed by atoms with Crippen molar-refractivity contribution in [2.75, 3.05) is 0 Å². The predicted molar refractivity (Wildman–Crippen MR) is 96.8 cm³/mol. The molecule has 2 aromatic rings. The molecule has 25 heavy (non-hydrogen) atoms. The summed E-state index contributed by atoms with van der Waals surface area (Å²) in [5.41, 5.74) is 1.59. The van der Waals surface area contributed by atoms with E-state index in [-0.39, 0.29) is 22.9 Å². The summed E-state index contributed by atoms with van der Waals surface area (Å²) < 4.78 is 14.6. The van der Waals surface area contributed by atoms with Gasteiger partial charge in [-0.15, -0.1) is 0 Å². The minimum atomic E-state index is -0.328. The molecule has 1 saturated carbocycles. The molecule has 134 valence electrons. The van der Waals surface area contributed by atoms with E-state index >= 15 is 0 Å². The van der Waals surface area contributed by atoms with Gasteiger partial charge in [-0.05, 0) is 44.0 Å². The maximum Gasteiger partial charge on any atom is 0.256 e. The van der Waals surface area contributed by atoms with Crippen molar-refractivity contribution in [3.05, 3.63) is 46.5 Å². The Morgan fingerprint density at radius 1 is 1.16 bits per heavy atom. The Morgan fingerprint density at radius 2 is 1.76 bits per heavy atom. The number of halogens is 2. The second-order valence-electron chi connectivity index (χ2n) is 6.65. The van der Waals surface area contributed by atoms with Crippen molar-refractivity contribution >= 4 is 17.5 Å². The molecule has 1 aromatic carbocycles. The number of aromatic nitrogens is 2. The van der Waals surface area contributed by atoms with Gasteiger partial charge in [-0.3, -0.25) is 4.79 Å². The summed E-state index contributed by atoms with van der Waals surface area (Å²) >= 11 is 6.42. The van der Waals surface area contributed by atoms with Crippen LogP contribution in [0.2, 0.25) is 5.15 Å². The van der Waals surface area contributed by atoms with Crippen LogP contribution in [0.1, 0.15) is 61.0 Å². The van der Waals surface area contributed by atoms with Gasteiger partial charge in [-0.2, -0.15) is 5.10 Å². The molecule has 6 heteroatoms. The maximum atomic E-state index is 13.1. The highest BCUT2D eigenvalue weighted by atomic mass is 35.5. The monoisotopic (exact) mass is 363 g/mol. The number of nitrogens with one attached hydrogen (secondary N) is 1. The molecule has 0 aliphatic heterocycles. The van der Waals surface area contributed by atoms with Crippen LogP contribution >= 0.6 is 11.6 Å². The smallest absolute Gasteiger partial charge is 0.256 e. The van der Waals surface area contributed by atoms with Crippen molar-refractivity contribution in [3.8, 4) is 5.69 Å². The molecule has 0 atom stereocenters. The summed E-state index contributed by atoms with van der Waals surface area (Å²) in [6.07, 6.45) is 8.06. The normalized spacial score (nSPS) is 16.3. The lowest BCUT2D eigenvalue weighted by atomic mass is 9.96. The minimum absolute atomic E-state index is 0.179. The van der Waals surface area contributed by atoms with Gasteiger partial charge in [0.1, 0.15) is 11.0 Å². The van der Waals surface area contributed by atoms with Crippen molar-refractivity contribution in [1.82, 2.24) is 15.1 Å². The van der Waals surface area contributed by atoms with Crippen LogP contribution in [0.25, 0.3) is 5.69 Å². The van der Waals surface area contributed by atoms with E-state index in [0.29, 0.717) is 16.9 Å². The van der Waals surface area contributed by atoms with Crippen LogP contribution in [0.3, 0.4) is 0 Å². The first-order chi connectivity index (χ1) is 12.1. The van der Waals surface area contributed by atoms with Gasteiger partial charge in [0, 0.05) is 6.04 Å². The molecule has 0 spiro atoms. The molecule has 4 nitrogen and oxygen atoms in total. The van der Waals surface area contributed by atoms with Crippen molar-refractivity contribution in [3.63, 3.8) is 0 Å². The summed E-state index contributed by atoms with van der Waals surface area (Å²) in [5.74, 6) is -0.507. The van der Waals surface area contributed by atoms with Crippen LogP contribution in [-0.4, -0.2) is 21.7 Å². The number of hydrogen-bond acceptors (Lipinski definition) is 2. The number of amides is 1. The van der Waals surface area contributed by atoms with E-state index in [9.17, 15) is 9.18 Å². The van der Waals surface area contributed by atoms with Crippen molar-refractivity contribution < 1.29 is 9.18 Å². The summed E-state index contributed by atoms with van der Waals surface area (Å²) in [6, 6.07) is 6.06. The molecule has 1 N–H and O–H groups in total. The molecule has 1 amide bonds. The van der Waals surface area contributed by atoms with E-state index in [4.69, 9.17) is 11.6 Å². The highest BCUT2D eigenvalue weighted by Crippen LogP contribution is 2.25. The zero-order valence-corrected chi connectivity index (χ0v) is 15.2. The van der Waals surface area contributed by atoms with Gasteiger partial charge in [0.05, 0.1) is 16.9 Å². The molecule has 1 aromatic heterocycles. The largest absolute Gasteiger partial charge is 0.349 e. The molecular weight excluding hydrogens is 341 g/mol. The van der Waals surface area contributed by atoms with E-state index in [1.54, 1.807) is 19.1 Å². The topological polar surface area (TPSA) is 46.9 Å². The van der Waals surface area contributed by atoms with Crippen molar-refractivity contribution in [2.24, 2.45) is 0 Å². The van der Waals surface area contributed by atoms with Gasteiger partial charge in [-0.25, -0.2) is 9.07 Å². The third-order valence-corrected chi connectivity index (χ3v) is 5.09. The Labute approximate surface area is 152 Å². The first-order valence-corrected chi connectivity index (χ1v) is 9.26. The maximum absolute atomic E-state index is 13.1. The Kier molecular flexibility index (Phi) is 5.74. The standard InChI is InChI=1S/C19H23ClFN3O/c1-13-17(19(25)22-15-7-5-3-2-4-6-8-15)18(20)24(23-13)16-11-9-14(21)10-12-16/h9-12,15H,2-8H2,1H3,(H,22,25). The molecule has 1 aliphatic carbocycles. The zero-order valence-electron chi connectivity index (χ0n) is 14.4. The minimum Gasteiger partial charge on any atom is -0.349 e. The lowest BCUT2D eigenvalue weighted by Gasteiger charge is -2.21. The van der Waals surface area contributed by atoms with Gasteiger partial charge in [0.2, 0.25) is 0 Å². The number of aryl methyl sites for hydroxylation is 1. The molecule has 0 radical (unpaired) electrons. The number of nitrogens with zero attached hydrogens (tertiary/aromatic N) is 2. The second kappa shape index (κ2) is 8.00. The Hall–Kier alpha value is -1.88. The van der Waals surface area contributed by atoms with Crippen LogP contribution in [0, 0.1) is 12.7 Å². The summed E-state index contributed by atoms with van der Waals surface area (Å²) in [5, 5.41) is 7.74. The van der Waals surface area contributed by atoms with Gasteiger partial charge in [-0.1, -0.05) is 43.7 Å². The number of carbonyl (C=O) groups excluding carboxylic acids is 1. The molecular formula is C19H23ClFN3O. The van der Waals surface area contributed by atoms with Crippen LogP contribution in [0.15, 0.2) is 24.3 Å². The molecule has 0 bridgehead atoms. The van der Waals surface area contributed by atoms with Crippen molar-refractivity contribution in [1.29, 1.82) is 0 Å². The van der Waals surface area contributed by atoms with E-state index in [1.165, 1.54) is 36.1 Å². The van der Waals surface area contributed by atoms with Crippen LogP contribution < -0.4 is 5.32 Å². The second-order valence-corrected chi connectivity index (χ2v) is 7.01. The van der Waals surface area contributed by atoms with Crippen LogP contribution in [0.4, 0.5) is 4.39 Å². The number of rotatable bonds is 3. The van der Waals surface area contributed by atoms with Gasteiger partial charge in [0.25, 0.3) is 5.91 Å². The predicted octanol–water partition coefficient (Wildman–Crippen LogP) is 4.82. The van der Waals surface area contributed by atoms with Gasteiger partial charge < -0.3 is 5.32 Å². The number of carbonyl (C=O) groups is 1.